The predicted molar refractivity (Wildman–Crippen MR) is 69.0 cm³/mol. The minimum atomic E-state index is -0.625. The second kappa shape index (κ2) is 5.46. The molecule has 1 unspecified atom stereocenters. The van der Waals surface area contributed by atoms with Crippen LogP contribution in [0.2, 0.25) is 0 Å². The van der Waals surface area contributed by atoms with Gasteiger partial charge in [-0.05, 0) is 47.1 Å². The Morgan fingerprint density at radius 1 is 1.33 bits per heavy atom. The van der Waals surface area contributed by atoms with E-state index in [0.29, 0.717) is 21.7 Å². The zero-order valence-corrected chi connectivity index (χ0v) is 11.2. The van der Waals surface area contributed by atoms with Gasteiger partial charge in [0.1, 0.15) is 17.3 Å². The lowest BCUT2D eigenvalue weighted by molar-refractivity contribution is 0.194. The van der Waals surface area contributed by atoms with E-state index in [1.807, 2.05) is 0 Å². The number of pyridine rings is 1. The van der Waals surface area contributed by atoms with Gasteiger partial charge in [0.05, 0.1) is 22.5 Å². The first-order valence-corrected chi connectivity index (χ1v) is 6.12. The molecule has 1 aromatic heterocycles. The maximum Gasteiger partial charge on any atom is 0.145 e. The van der Waals surface area contributed by atoms with E-state index in [1.165, 1.54) is 18.3 Å². The lowest BCUT2D eigenvalue weighted by Gasteiger charge is -2.09. The fourth-order valence-corrected chi connectivity index (χ4v) is 1.71. The molecule has 2 aromatic rings. The molecule has 0 amide bonds. The van der Waals surface area contributed by atoms with E-state index < -0.39 is 6.10 Å². The van der Waals surface area contributed by atoms with E-state index in [9.17, 15) is 9.50 Å². The number of halogens is 2. The van der Waals surface area contributed by atoms with Gasteiger partial charge in [0, 0.05) is 6.07 Å². The van der Waals surface area contributed by atoms with Crippen LogP contribution in [0.4, 0.5) is 4.39 Å². The highest BCUT2D eigenvalue weighted by Crippen LogP contribution is 2.30. The molecule has 0 bridgehead atoms. The molecule has 94 valence electrons. The molecule has 1 heterocycles. The van der Waals surface area contributed by atoms with Crippen LogP contribution in [0.1, 0.15) is 18.7 Å². The standard InChI is InChI=1S/C13H11BrFNO2/c1-8(17)12-5-3-10(7-16-12)18-13-6-9(15)2-4-11(13)14/h2-8,17H,1H3. The van der Waals surface area contributed by atoms with E-state index in [4.69, 9.17) is 4.74 Å². The Hall–Kier alpha value is -1.46. The van der Waals surface area contributed by atoms with Crippen molar-refractivity contribution in [2.75, 3.05) is 0 Å². The van der Waals surface area contributed by atoms with Crippen molar-refractivity contribution in [1.82, 2.24) is 4.98 Å². The van der Waals surface area contributed by atoms with Crippen molar-refractivity contribution >= 4 is 15.9 Å². The highest BCUT2D eigenvalue weighted by Gasteiger charge is 2.06. The Bertz CT molecular complexity index is 543. The Kier molecular flexibility index (Phi) is 3.93. The van der Waals surface area contributed by atoms with Gasteiger partial charge >= 0.3 is 0 Å². The highest BCUT2D eigenvalue weighted by atomic mass is 79.9. The number of hydrogen-bond donors (Lipinski definition) is 1. The number of aliphatic hydroxyl groups is 1. The maximum atomic E-state index is 13.1. The molecule has 1 aromatic carbocycles. The fourth-order valence-electron chi connectivity index (χ4n) is 1.38. The molecular formula is C13H11BrFNO2. The summed E-state index contributed by atoms with van der Waals surface area (Å²) in [6, 6.07) is 7.53. The molecule has 18 heavy (non-hydrogen) atoms. The summed E-state index contributed by atoms with van der Waals surface area (Å²) < 4.78 is 19.2. The van der Waals surface area contributed by atoms with Crippen LogP contribution in [0.15, 0.2) is 41.0 Å². The molecule has 0 saturated carbocycles. The summed E-state index contributed by atoms with van der Waals surface area (Å²) in [6.45, 7) is 1.63. The predicted octanol–water partition coefficient (Wildman–Crippen LogP) is 3.83. The molecule has 1 N–H and O–H groups in total. The third kappa shape index (κ3) is 3.05. The number of hydrogen-bond acceptors (Lipinski definition) is 3. The van der Waals surface area contributed by atoms with Crippen LogP contribution in [0, 0.1) is 5.82 Å². The molecule has 0 aliphatic heterocycles. The lowest BCUT2D eigenvalue weighted by atomic mass is 10.2. The zero-order chi connectivity index (χ0) is 13.1. The molecule has 2 rings (SSSR count). The zero-order valence-electron chi connectivity index (χ0n) is 9.60. The van der Waals surface area contributed by atoms with E-state index in [0.717, 1.165) is 0 Å². The first-order valence-electron chi connectivity index (χ1n) is 5.33. The summed E-state index contributed by atoms with van der Waals surface area (Å²) in [5, 5.41) is 9.32. The topological polar surface area (TPSA) is 42.4 Å². The smallest absolute Gasteiger partial charge is 0.145 e. The van der Waals surface area contributed by atoms with Gasteiger partial charge in [-0.1, -0.05) is 0 Å². The van der Waals surface area contributed by atoms with Crippen molar-refractivity contribution in [1.29, 1.82) is 0 Å². The minimum absolute atomic E-state index is 0.373. The Balaban J connectivity index is 2.21. The van der Waals surface area contributed by atoms with Crippen LogP contribution in [0.25, 0.3) is 0 Å². The SMILES string of the molecule is CC(O)c1ccc(Oc2cc(F)ccc2Br)cn1. The quantitative estimate of drug-likeness (QED) is 0.936. The first kappa shape index (κ1) is 13.0. The monoisotopic (exact) mass is 311 g/mol. The average Bonchev–Trinajstić information content (AvgIpc) is 2.34. The maximum absolute atomic E-state index is 13.1. The first-order chi connectivity index (χ1) is 8.56. The van der Waals surface area contributed by atoms with Gasteiger partial charge in [-0.3, -0.25) is 4.98 Å². The number of aromatic nitrogens is 1. The van der Waals surface area contributed by atoms with Crippen molar-refractivity contribution in [3.63, 3.8) is 0 Å². The lowest BCUT2D eigenvalue weighted by Crippen LogP contribution is -1.95. The molecule has 0 aliphatic rings. The summed E-state index contributed by atoms with van der Waals surface area (Å²) in [4.78, 5) is 4.04. The average molecular weight is 312 g/mol. The summed E-state index contributed by atoms with van der Waals surface area (Å²) in [6.07, 6.45) is 0.860. The minimum Gasteiger partial charge on any atom is -0.454 e. The molecule has 3 nitrogen and oxygen atoms in total. The van der Waals surface area contributed by atoms with Crippen LogP contribution in [-0.4, -0.2) is 10.1 Å². The fraction of sp³-hybridized carbons (Fsp3) is 0.154. The van der Waals surface area contributed by atoms with Crippen molar-refractivity contribution in [3.05, 3.63) is 52.5 Å². The van der Waals surface area contributed by atoms with Crippen molar-refractivity contribution < 1.29 is 14.2 Å². The molecule has 0 spiro atoms. The van der Waals surface area contributed by atoms with Gasteiger partial charge < -0.3 is 9.84 Å². The van der Waals surface area contributed by atoms with Crippen LogP contribution in [0.5, 0.6) is 11.5 Å². The number of nitrogens with zero attached hydrogens (tertiary/aromatic N) is 1. The Labute approximate surface area is 112 Å². The molecule has 0 aliphatic carbocycles. The van der Waals surface area contributed by atoms with Crippen LogP contribution in [-0.2, 0) is 0 Å². The van der Waals surface area contributed by atoms with Gasteiger partial charge in [-0.25, -0.2) is 4.39 Å². The Morgan fingerprint density at radius 2 is 2.11 bits per heavy atom. The van der Waals surface area contributed by atoms with Gasteiger partial charge in [0.15, 0.2) is 0 Å². The molecular weight excluding hydrogens is 301 g/mol. The molecule has 0 fully saturated rings. The van der Waals surface area contributed by atoms with Gasteiger partial charge in [-0.2, -0.15) is 0 Å². The van der Waals surface area contributed by atoms with E-state index >= 15 is 0 Å². The van der Waals surface area contributed by atoms with E-state index in [-0.39, 0.29) is 5.82 Å². The normalized spacial score (nSPS) is 12.2. The van der Waals surface area contributed by atoms with E-state index in [1.54, 1.807) is 25.1 Å². The molecule has 0 saturated heterocycles. The number of aliphatic hydroxyl groups excluding tert-OH is 1. The van der Waals surface area contributed by atoms with Gasteiger partial charge in [-0.15, -0.1) is 0 Å². The van der Waals surface area contributed by atoms with Crippen LogP contribution in [0.3, 0.4) is 0 Å². The van der Waals surface area contributed by atoms with Crippen molar-refractivity contribution in [2.45, 2.75) is 13.0 Å². The van der Waals surface area contributed by atoms with E-state index in [2.05, 4.69) is 20.9 Å². The number of rotatable bonds is 3. The third-order valence-corrected chi connectivity index (χ3v) is 2.96. The van der Waals surface area contributed by atoms with Gasteiger partial charge in [0.2, 0.25) is 0 Å². The van der Waals surface area contributed by atoms with Crippen molar-refractivity contribution in [3.8, 4) is 11.5 Å². The van der Waals surface area contributed by atoms with Crippen LogP contribution < -0.4 is 4.74 Å². The molecule has 1 atom stereocenters. The number of benzene rings is 1. The largest absolute Gasteiger partial charge is 0.454 e. The number of ether oxygens (including phenoxy) is 1. The third-order valence-electron chi connectivity index (χ3n) is 2.31. The summed E-state index contributed by atoms with van der Waals surface area (Å²) in [5.41, 5.74) is 0.556. The second-order valence-corrected chi connectivity index (χ2v) is 4.63. The van der Waals surface area contributed by atoms with Crippen LogP contribution >= 0.6 is 15.9 Å². The molecule has 0 radical (unpaired) electrons. The van der Waals surface area contributed by atoms with Gasteiger partial charge in [0.25, 0.3) is 0 Å². The van der Waals surface area contributed by atoms with Crippen molar-refractivity contribution in [2.24, 2.45) is 0 Å². The summed E-state index contributed by atoms with van der Waals surface area (Å²) in [7, 11) is 0. The molecule has 5 heteroatoms. The Morgan fingerprint density at radius 3 is 2.72 bits per heavy atom. The summed E-state index contributed by atoms with van der Waals surface area (Å²) >= 11 is 3.27. The summed E-state index contributed by atoms with van der Waals surface area (Å²) in [5.74, 6) is 0.481. The second-order valence-electron chi connectivity index (χ2n) is 3.77. The highest BCUT2D eigenvalue weighted by molar-refractivity contribution is 9.10.